The predicted octanol–water partition coefficient (Wildman–Crippen LogP) is 7.45. The van der Waals surface area contributed by atoms with E-state index in [1.165, 1.54) is 11.5 Å². The van der Waals surface area contributed by atoms with Crippen LogP contribution >= 0.6 is 11.3 Å². The number of rotatable bonds is 5. The van der Waals surface area contributed by atoms with Crippen LogP contribution in [0.1, 0.15) is 47.8 Å². The molecule has 0 radical (unpaired) electrons. The Morgan fingerprint density at radius 2 is 1.81 bits per heavy atom. The predicted molar refractivity (Wildman–Crippen MR) is 173 cm³/mol. The third-order valence-electron chi connectivity index (χ3n) is 8.82. The van der Waals surface area contributed by atoms with Crippen molar-refractivity contribution in [3.8, 4) is 33.8 Å². The molecule has 47 heavy (non-hydrogen) atoms. The second kappa shape index (κ2) is 10.9. The molecule has 2 aromatic carbocycles. The number of hydrogen-bond acceptors (Lipinski definition) is 6. The third-order valence-corrected chi connectivity index (χ3v) is 9.78. The van der Waals surface area contributed by atoms with E-state index in [1.807, 2.05) is 50.6 Å². The Morgan fingerprint density at radius 3 is 2.53 bits per heavy atom. The van der Waals surface area contributed by atoms with Crippen molar-refractivity contribution in [2.45, 2.75) is 32.9 Å². The molecule has 0 saturated heterocycles. The Hall–Kier alpha value is -5.30. The molecule has 238 valence electrons. The number of aryl methyl sites for hydroxylation is 2. The number of nitrogens with zero attached hydrogens (tertiary/aromatic N) is 6. The molecule has 1 N–H and O–H groups in total. The molecule has 1 aliphatic heterocycles. The van der Waals surface area contributed by atoms with Crippen LogP contribution in [-0.2, 0) is 11.8 Å². The van der Waals surface area contributed by atoms with Gasteiger partial charge in [0.2, 0.25) is 5.91 Å². The van der Waals surface area contributed by atoms with Crippen molar-refractivity contribution in [2.24, 2.45) is 7.05 Å². The number of fused-ring (bicyclic) bond motifs is 3. The first kappa shape index (κ1) is 30.4. The van der Waals surface area contributed by atoms with E-state index in [9.17, 15) is 19.1 Å². The lowest BCUT2D eigenvalue weighted by Gasteiger charge is -2.36. The van der Waals surface area contributed by atoms with Gasteiger partial charge in [0.1, 0.15) is 29.0 Å². The highest BCUT2D eigenvalue weighted by molar-refractivity contribution is 7.17. The van der Waals surface area contributed by atoms with Gasteiger partial charge in [-0.15, -0.1) is 11.3 Å². The number of imidazole rings is 1. The number of amides is 1. The minimum absolute atomic E-state index is 0.00185. The van der Waals surface area contributed by atoms with Crippen molar-refractivity contribution in [3.63, 3.8) is 0 Å². The van der Waals surface area contributed by atoms with Gasteiger partial charge in [-0.2, -0.15) is 5.10 Å². The fraction of sp³-hybridized carbons (Fsp3) is 0.206. The van der Waals surface area contributed by atoms with Crippen LogP contribution in [0.4, 0.5) is 13.2 Å². The van der Waals surface area contributed by atoms with Crippen LogP contribution in [-0.4, -0.2) is 52.7 Å². The van der Waals surface area contributed by atoms with Crippen LogP contribution in [0.15, 0.2) is 54.4 Å². The van der Waals surface area contributed by atoms with Crippen LogP contribution in [0.3, 0.4) is 0 Å². The minimum atomic E-state index is -1.60. The quantitative estimate of drug-likeness (QED) is 0.193. The number of aromatic nitrogens is 5. The molecular formula is C34H27F3N6O3S. The first-order chi connectivity index (χ1) is 22.4. The molecule has 2 atom stereocenters. The van der Waals surface area contributed by atoms with Gasteiger partial charge in [-0.1, -0.05) is 12.6 Å². The smallest absolute Gasteiger partial charge is 0.336 e. The van der Waals surface area contributed by atoms with Crippen LogP contribution in [0.5, 0.6) is 0 Å². The van der Waals surface area contributed by atoms with Crippen LogP contribution in [0.2, 0.25) is 0 Å². The van der Waals surface area contributed by atoms with Crippen molar-refractivity contribution in [3.05, 3.63) is 89.0 Å². The number of aromatic carboxylic acids is 1. The number of halogens is 3. The fourth-order valence-electron chi connectivity index (χ4n) is 6.44. The average molecular weight is 657 g/mol. The molecule has 4 aromatic heterocycles. The molecule has 0 bridgehead atoms. The van der Waals surface area contributed by atoms with Crippen molar-refractivity contribution in [1.29, 1.82) is 0 Å². The van der Waals surface area contributed by atoms with E-state index >= 15 is 8.78 Å². The summed E-state index contributed by atoms with van der Waals surface area (Å²) in [6.07, 6.45) is 1.24. The summed E-state index contributed by atoms with van der Waals surface area (Å²) >= 11 is 1.03. The molecule has 9 nitrogen and oxygen atoms in total. The molecule has 0 spiro atoms. The highest BCUT2D eigenvalue weighted by Gasteiger charge is 2.34. The maximum absolute atomic E-state index is 16.0. The summed E-state index contributed by atoms with van der Waals surface area (Å²) in [5, 5.41) is 16.1. The van der Waals surface area contributed by atoms with Crippen molar-refractivity contribution < 1.29 is 27.9 Å². The summed E-state index contributed by atoms with van der Waals surface area (Å²) in [5.41, 5.74) is 1.98. The summed E-state index contributed by atoms with van der Waals surface area (Å²) in [5.74, 6) is -4.09. The van der Waals surface area contributed by atoms with E-state index in [0.717, 1.165) is 22.7 Å². The number of thiophene rings is 1. The van der Waals surface area contributed by atoms with Gasteiger partial charge in [0.25, 0.3) is 0 Å². The molecule has 6 aromatic rings. The van der Waals surface area contributed by atoms with E-state index in [4.69, 9.17) is 10.1 Å². The van der Waals surface area contributed by atoms with Gasteiger partial charge in [-0.05, 0) is 51.1 Å². The van der Waals surface area contributed by atoms with E-state index < -0.39 is 40.6 Å². The zero-order valence-corrected chi connectivity index (χ0v) is 26.5. The van der Waals surface area contributed by atoms with Gasteiger partial charge in [-0.3, -0.25) is 9.48 Å². The summed E-state index contributed by atoms with van der Waals surface area (Å²) in [7, 11) is 1.89. The zero-order valence-electron chi connectivity index (χ0n) is 25.7. The van der Waals surface area contributed by atoms with E-state index in [1.54, 1.807) is 15.6 Å². The lowest BCUT2D eigenvalue weighted by Crippen LogP contribution is -2.42. The Kier molecular flexibility index (Phi) is 7.04. The molecule has 13 heteroatoms. The van der Waals surface area contributed by atoms with Gasteiger partial charge in [-0.25, -0.2) is 27.9 Å². The van der Waals surface area contributed by atoms with Gasteiger partial charge >= 0.3 is 5.97 Å². The minimum Gasteiger partial charge on any atom is -0.478 e. The maximum atomic E-state index is 16.0. The normalized spacial score (nSPS) is 16.2. The Morgan fingerprint density at radius 1 is 1.04 bits per heavy atom. The Balaban J connectivity index is 1.58. The van der Waals surface area contributed by atoms with Gasteiger partial charge < -0.3 is 14.6 Å². The molecule has 7 rings (SSSR count). The van der Waals surface area contributed by atoms with E-state index in [2.05, 4.69) is 11.6 Å². The van der Waals surface area contributed by atoms with Gasteiger partial charge in [0.15, 0.2) is 0 Å². The molecule has 0 aliphatic carbocycles. The van der Waals surface area contributed by atoms with Gasteiger partial charge in [0.05, 0.1) is 50.5 Å². The molecule has 5 heterocycles. The number of benzene rings is 2. The lowest BCUT2D eigenvalue weighted by molar-refractivity contribution is -0.129. The molecular weight excluding hydrogens is 629 g/mol. The monoisotopic (exact) mass is 656 g/mol. The second-order valence-electron chi connectivity index (χ2n) is 11.6. The SMILES string of the molecule is C=CC(=O)N1C[C@H](C)n2nc(-c3nc(-c4ccc5c(c4)nc(C)n5C)c4scc(F)c4c3-c3c(F)cc(F)cc3C(=O)O)cc2[C@H]1C. The lowest BCUT2D eigenvalue weighted by atomic mass is 9.92. The fourth-order valence-corrected chi connectivity index (χ4v) is 7.37. The summed E-state index contributed by atoms with van der Waals surface area (Å²) in [4.78, 5) is 36.3. The molecule has 1 amide bonds. The van der Waals surface area contributed by atoms with Crippen LogP contribution < -0.4 is 0 Å². The number of carbonyl (C=O) groups is 2. The highest BCUT2D eigenvalue weighted by Crippen LogP contribution is 2.47. The topological polar surface area (TPSA) is 106 Å². The number of carbonyl (C=O) groups excluding carboxylic acids is 1. The second-order valence-corrected chi connectivity index (χ2v) is 12.5. The first-order valence-electron chi connectivity index (χ1n) is 14.7. The standard InChI is InChI=1S/C34H27F3N6O3S/c1-6-27(44)42-13-15(2)43-26(16(42)3)12-24(40-43)32-30(28-20(34(45)46)10-19(35)11-21(28)36)29-22(37)14-47-33(29)31(39-32)18-7-8-25-23(9-18)38-17(4)41(25)5/h6-12,14-16H,1,13H2,2-5H3,(H,45,46)/t15-,16+/m0/s1. The average Bonchev–Trinajstić information content (AvgIpc) is 3.73. The maximum Gasteiger partial charge on any atom is 0.336 e. The number of hydrogen-bond donors (Lipinski definition) is 1. The zero-order chi connectivity index (χ0) is 33.5. The van der Waals surface area contributed by atoms with Crippen LogP contribution in [0, 0.1) is 24.4 Å². The van der Waals surface area contributed by atoms with Gasteiger partial charge in [0, 0.05) is 47.1 Å². The third kappa shape index (κ3) is 4.63. The van der Waals surface area contributed by atoms with E-state index in [-0.39, 0.29) is 34.3 Å². The first-order valence-corrected chi connectivity index (χ1v) is 15.6. The number of carboxylic acids is 1. The highest BCUT2D eigenvalue weighted by atomic mass is 32.1. The Labute approximate surface area is 270 Å². The van der Waals surface area contributed by atoms with E-state index in [0.29, 0.717) is 45.8 Å². The summed E-state index contributed by atoms with van der Waals surface area (Å²) in [6, 6.07) is 7.76. The number of pyridine rings is 1. The molecule has 0 fully saturated rings. The molecule has 0 unspecified atom stereocenters. The van der Waals surface area contributed by atoms with Crippen LogP contribution in [0.25, 0.3) is 54.9 Å². The molecule has 0 saturated carbocycles. The van der Waals surface area contributed by atoms with Crippen molar-refractivity contribution in [1.82, 2.24) is 29.2 Å². The summed E-state index contributed by atoms with van der Waals surface area (Å²) in [6.45, 7) is 9.53. The Bertz CT molecular complexity index is 2320. The van der Waals surface area contributed by atoms with Crippen molar-refractivity contribution in [2.75, 3.05) is 6.54 Å². The molecule has 1 aliphatic rings. The van der Waals surface area contributed by atoms with Crippen molar-refractivity contribution >= 4 is 44.3 Å². The summed E-state index contributed by atoms with van der Waals surface area (Å²) < 4.78 is 50.3. The number of carboxylic acid groups (broad SMARTS) is 1. The largest absolute Gasteiger partial charge is 0.478 e.